The number of aromatic nitrogens is 4. The summed E-state index contributed by atoms with van der Waals surface area (Å²) in [4.78, 5) is 7.74. The fourth-order valence-electron chi connectivity index (χ4n) is 2.00. The van der Waals surface area contributed by atoms with Crippen LogP contribution in [0, 0.1) is 0 Å². The lowest BCUT2D eigenvalue weighted by Gasteiger charge is -2.06. The summed E-state index contributed by atoms with van der Waals surface area (Å²) >= 11 is 11.9. The first kappa shape index (κ1) is 15.8. The Morgan fingerprint density at radius 2 is 1.57 bits per heavy atom. The van der Waals surface area contributed by atoms with Gasteiger partial charge in [0, 0.05) is 17.4 Å². The molecule has 3 rings (SSSR count). The lowest BCUT2D eigenvalue weighted by Crippen LogP contribution is -2.09. The molecule has 1 aromatic carbocycles. The average molecular weight is 359 g/mol. The van der Waals surface area contributed by atoms with Gasteiger partial charge in [0.1, 0.15) is 5.15 Å². The van der Waals surface area contributed by atoms with Crippen molar-refractivity contribution < 1.29 is 13.2 Å². The molecule has 0 bridgehead atoms. The first-order valence-corrected chi connectivity index (χ1v) is 7.02. The van der Waals surface area contributed by atoms with Crippen molar-refractivity contribution >= 4 is 23.2 Å². The third-order valence-electron chi connectivity index (χ3n) is 2.97. The monoisotopic (exact) mass is 358 g/mol. The van der Waals surface area contributed by atoms with Crippen molar-refractivity contribution in [2.45, 2.75) is 6.18 Å². The van der Waals surface area contributed by atoms with E-state index >= 15 is 0 Å². The fraction of sp³-hybridized carbons (Fsp3) is 0.0714. The molecule has 23 heavy (non-hydrogen) atoms. The zero-order valence-electron chi connectivity index (χ0n) is 11.2. The van der Waals surface area contributed by atoms with E-state index in [1.54, 1.807) is 0 Å². The summed E-state index contributed by atoms with van der Waals surface area (Å²) in [5.41, 5.74) is -1.12. The molecule has 0 aliphatic heterocycles. The number of hydrogen-bond acceptors (Lipinski definition) is 3. The number of halogens is 5. The van der Waals surface area contributed by atoms with Gasteiger partial charge in [0.2, 0.25) is 0 Å². The molecule has 0 aliphatic rings. The molecule has 0 fully saturated rings. The first-order valence-electron chi connectivity index (χ1n) is 6.27. The second-order valence-electron chi connectivity index (χ2n) is 4.48. The van der Waals surface area contributed by atoms with Crippen molar-refractivity contribution in [2.24, 2.45) is 0 Å². The smallest absolute Gasteiger partial charge is 0.220 e. The van der Waals surface area contributed by atoms with E-state index in [1.807, 2.05) is 0 Å². The van der Waals surface area contributed by atoms with E-state index < -0.39 is 11.9 Å². The maximum atomic E-state index is 13.3. The zero-order valence-corrected chi connectivity index (χ0v) is 12.7. The molecule has 3 aromatic rings. The van der Waals surface area contributed by atoms with Crippen molar-refractivity contribution in [3.8, 4) is 17.1 Å². The minimum absolute atomic E-state index is 0.0526. The third kappa shape index (κ3) is 3.02. The Kier molecular flexibility index (Phi) is 3.99. The predicted octanol–water partition coefficient (Wildman–Crippen LogP) is 4.65. The minimum Gasteiger partial charge on any atom is -0.220 e. The van der Waals surface area contributed by atoms with Crippen LogP contribution in [0.15, 0.2) is 42.7 Å². The van der Waals surface area contributed by atoms with Gasteiger partial charge < -0.3 is 0 Å². The molecule has 0 N–H and O–H groups in total. The van der Waals surface area contributed by atoms with Gasteiger partial charge in [0.25, 0.3) is 5.95 Å². The molecule has 118 valence electrons. The van der Waals surface area contributed by atoms with Gasteiger partial charge in [-0.3, -0.25) is 0 Å². The van der Waals surface area contributed by atoms with Gasteiger partial charge in [0.05, 0.1) is 5.56 Å². The number of hydrogen-bond donors (Lipinski definition) is 0. The lowest BCUT2D eigenvalue weighted by molar-refractivity contribution is -0.140. The van der Waals surface area contributed by atoms with Gasteiger partial charge in [0.15, 0.2) is 5.69 Å². The SMILES string of the molecule is FC(F)(F)c1nn(-c2ncccn2)c(Cl)c1-c1ccc(Cl)cc1. The highest BCUT2D eigenvalue weighted by Crippen LogP contribution is 2.41. The van der Waals surface area contributed by atoms with Gasteiger partial charge in [-0.2, -0.15) is 23.0 Å². The lowest BCUT2D eigenvalue weighted by atomic mass is 10.1. The van der Waals surface area contributed by atoms with Crippen molar-refractivity contribution in [2.75, 3.05) is 0 Å². The molecule has 0 atom stereocenters. The van der Waals surface area contributed by atoms with E-state index in [9.17, 15) is 13.2 Å². The Balaban J connectivity index is 2.25. The van der Waals surface area contributed by atoms with Crippen LogP contribution in [0.3, 0.4) is 0 Å². The van der Waals surface area contributed by atoms with E-state index in [-0.39, 0.29) is 22.2 Å². The molecular formula is C14H7Cl2F3N4. The molecule has 2 heterocycles. The van der Waals surface area contributed by atoms with Crippen molar-refractivity contribution in [1.82, 2.24) is 19.7 Å². The Labute approximate surface area is 138 Å². The average Bonchev–Trinajstić information content (AvgIpc) is 2.87. The molecule has 0 spiro atoms. The second kappa shape index (κ2) is 5.82. The van der Waals surface area contributed by atoms with Gasteiger partial charge >= 0.3 is 6.18 Å². The number of benzene rings is 1. The maximum absolute atomic E-state index is 13.3. The molecule has 9 heteroatoms. The molecule has 4 nitrogen and oxygen atoms in total. The zero-order chi connectivity index (χ0) is 16.6. The molecule has 0 aliphatic carbocycles. The maximum Gasteiger partial charge on any atom is 0.435 e. The van der Waals surface area contributed by atoms with Crippen LogP contribution < -0.4 is 0 Å². The van der Waals surface area contributed by atoms with Crippen LogP contribution in [0.5, 0.6) is 0 Å². The van der Waals surface area contributed by atoms with Crippen LogP contribution in [0.1, 0.15) is 5.69 Å². The van der Waals surface area contributed by atoms with Gasteiger partial charge in [-0.15, -0.1) is 0 Å². The quantitative estimate of drug-likeness (QED) is 0.669. The van der Waals surface area contributed by atoms with Crippen LogP contribution in [0.25, 0.3) is 17.1 Å². The highest BCUT2D eigenvalue weighted by atomic mass is 35.5. The highest BCUT2D eigenvalue weighted by molar-refractivity contribution is 6.33. The topological polar surface area (TPSA) is 43.6 Å². The Morgan fingerprint density at radius 3 is 2.13 bits per heavy atom. The Morgan fingerprint density at radius 1 is 0.957 bits per heavy atom. The van der Waals surface area contributed by atoms with E-state index in [0.29, 0.717) is 5.02 Å². The van der Waals surface area contributed by atoms with Crippen LogP contribution >= 0.6 is 23.2 Å². The van der Waals surface area contributed by atoms with Gasteiger partial charge in [-0.25, -0.2) is 9.97 Å². The number of rotatable bonds is 2. The van der Waals surface area contributed by atoms with E-state index in [1.165, 1.54) is 42.7 Å². The summed E-state index contributed by atoms with van der Waals surface area (Å²) in [5, 5.41) is 3.72. The van der Waals surface area contributed by atoms with Crippen LogP contribution in [0.4, 0.5) is 13.2 Å². The van der Waals surface area contributed by atoms with Crippen LogP contribution in [0.2, 0.25) is 10.2 Å². The molecule has 0 saturated heterocycles. The first-order chi connectivity index (χ1) is 10.9. The van der Waals surface area contributed by atoms with Crippen LogP contribution in [-0.4, -0.2) is 19.7 Å². The van der Waals surface area contributed by atoms with Gasteiger partial charge in [-0.1, -0.05) is 35.3 Å². The number of nitrogens with zero attached hydrogens (tertiary/aromatic N) is 4. The number of alkyl halides is 3. The minimum atomic E-state index is -4.68. The van der Waals surface area contributed by atoms with E-state index in [4.69, 9.17) is 23.2 Å². The van der Waals surface area contributed by atoms with Crippen molar-refractivity contribution in [3.05, 3.63) is 58.6 Å². The summed E-state index contributed by atoms with van der Waals surface area (Å²) in [6, 6.07) is 7.37. The molecule has 2 aromatic heterocycles. The third-order valence-corrected chi connectivity index (χ3v) is 3.57. The fourth-order valence-corrected chi connectivity index (χ4v) is 2.44. The normalized spacial score (nSPS) is 11.7. The largest absolute Gasteiger partial charge is 0.435 e. The highest BCUT2D eigenvalue weighted by Gasteiger charge is 2.40. The summed E-state index contributed by atoms with van der Waals surface area (Å²) < 4.78 is 40.8. The molecule has 0 amide bonds. The second-order valence-corrected chi connectivity index (χ2v) is 5.27. The molecule has 0 radical (unpaired) electrons. The Bertz CT molecular complexity index is 830. The van der Waals surface area contributed by atoms with Gasteiger partial charge in [-0.05, 0) is 23.8 Å². The predicted molar refractivity (Wildman–Crippen MR) is 79.6 cm³/mol. The summed E-state index contributed by atoms with van der Waals surface area (Å²) in [5.74, 6) is -0.0526. The van der Waals surface area contributed by atoms with Crippen LogP contribution in [-0.2, 0) is 6.18 Å². The van der Waals surface area contributed by atoms with Crippen molar-refractivity contribution in [3.63, 3.8) is 0 Å². The molecule has 0 unspecified atom stereocenters. The Hall–Kier alpha value is -2.12. The molecule has 0 saturated carbocycles. The summed E-state index contributed by atoms with van der Waals surface area (Å²) in [6.45, 7) is 0. The van der Waals surface area contributed by atoms with Crippen molar-refractivity contribution in [1.29, 1.82) is 0 Å². The van der Waals surface area contributed by atoms with E-state index in [0.717, 1.165) is 4.68 Å². The summed E-state index contributed by atoms with van der Waals surface area (Å²) in [6.07, 6.45) is -1.91. The standard InChI is InChI=1S/C14H7Cl2F3N4/c15-9-4-2-8(3-5-9)10-11(14(17,18)19)22-23(12(10)16)13-20-6-1-7-21-13/h1-7H. The molecular weight excluding hydrogens is 352 g/mol. The summed E-state index contributed by atoms with van der Waals surface area (Å²) in [7, 11) is 0. The van der Waals surface area contributed by atoms with E-state index in [2.05, 4.69) is 15.1 Å².